The van der Waals surface area contributed by atoms with E-state index in [0.717, 1.165) is 12.6 Å². The number of hydrogen-bond donors (Lipinski definition) is 0. The maximum absolute atomic E-state index is 5.54. The average Bonchev–Trinajstić information content (AvgIpc) is 2.34. The zero-order chi connectivity index (χ0) is 9.90. The Balaban J connectivity index is 2.32. The molecule has 0 aromatic carbocycles. The lowest BCUT2D eigenvalue weighted by molar-refractivity contribution is 0.301. The lowest BCUT2D eigenvalue weighted by atomic mass is 10.8. The van der Waals surface area contributed by atoms with Crippen LogP contribution in [0.5, 0.6) is 6.01 Å². The van der Waals surface area contributed by atoms with Gasteiger partial charge >= 0.3 is 0 Å². The predicted molar refractivity (Wildman–Crippen MR) is 56.9 cm³/mol. The van der Waals surface area contributed by atoms with E-state index in [1.54, 1.807) is 6.20 Å². The summed E-state index contributed by atoms with van der Waals surface area (Å²) in [4.78, 5) is 4.09. The minimum atomic E-state index is -0.970. The fraction of sp³-hybridized carbons (Fsp3) is 0.667. The first-order chi connectivity index (χ1) is 5.99. The molecule has 1 rings (SSSR count). The van der Waals surface area contributed by atoms with Gasteiger partial charge in [-0.3, -0.25) is 0 Å². The quantitative estimate of drug-likeness (QED) is 0.693. The molecule has 0 aliphatic rings. The molecule has 0 aliphatic heterocycles. The molecule has 0 spiro atoms. The highest BCUT2D eigenvalue weighted by molar-refractivity contribution is 6.76. The van der Waals surface area contributed by atoms with Gasteiger partial charge in [-0.15, -0.1) is 0 Å². The van der Waals surface area contributed by atoms with Gasteiger partial charge in [0.25, 0.3) is 6.01 Å². The van der Waals surface area contributed by atoms with E-state index in [9.17, 15) is 0 Å². The number of ether oxygens (including phenoxy) is 1. The Morgan fingerprint density at radius 3 is 2.62 bits per heavy atom. The molecule has 0 N–H and O–H groups in total. The molecule has 0 fully saturated rings. The third kappa shape index (κ3) is 3.63. The van der Waals surface area contributed by atoms with Crippen molar-refractivity contribution in [1.82, 2.24) is 9.55 Å². The van der Waals surface area contributed by atoms with Crippen LogP contribution < -0.4 is 4.74 Å². The van der Waals surface area contributed by atoms with E-state index < -0.39 is 8.07 Å². The smallest absolute Gasteiger partial charge is 0.295 e. The number of hydrogen-bond acceptors (Lipinski definition) is 2. The van der Waals surface area contributed by atoms with Crippen LogP contribution in [-0.2, 0) is 7.05 Å². The number of nitrogens with zero attached hydrogens (tertiary/aromatic N) is 2. The Labute approximate surface area is 80.8 Å². The highest BCUT2D eigenvalue weighted by Crippen LogP contribution is 2.10. The monoisotopic (exact) mass is 198 g/mol. The first-order valence-electron chi connectivity index (χ1n) is 4.59. The van der Waals surface area contributed by atoms with Gasteiger partial charge in [0, 0.05) is 27.5 Å². The summed E-state index contributed by atoms with van der Waals surface area (Å²) in [6, 6.07) is 1.90. The van der Waals surface area contributed by atoms with Gasteiger partial charge in [-0.2, -0.15) is 0 Å². The van der Waals surface area contributed by atoms with Crippen LogP contribution in [0.2, 0.25) is 25.7 Å². The van der Waals surface area contributed by atoms with Crippen molar-refractivity contribution in [2.24, 2.45) is 7.05 Å². The van der Waals surface area contributed by atoms with Crippen molar-refractivity contribution in [1.29, 1.82) is 0 Å². The van der Waals surface area contributed by atoms with Crippen LogP contribution in [0.25, 0.3) is 0 Å². The summed E-state index contributed by atoms with van der Waals surface area (Å²) in [6.45, 7) is 7.82. The minimum Gasteiger partial charge on any atom is -0.465 e. The zero-order valence-corrected chi connectivity index (χ0v) is 9.87. The molecule has 1 heterocycles. The van der Waals surface area contributed by atoms with Crippen molar-refractivity contribution in [3.05, 3.63) is 12.4 Å². The molecule has 13 heavy (non-hydrogen) atoms. The molecule has 1 aromatic heterocycles. The largest absolute Gasteiger partial charge is 0.465 e. The van der Waals surface area contributed by atoms with Gasteiger partial charge in [0.2, 0.25) is 0 Å². The van der Waals surface area contributed by atoms with Gasteiger partial charge in [-0.05, 0) is 6.04 Å². The van der Waals surface area contributed by atoms with E-state index in [1.807, 2.05) is 17.8 Å². The molecule has 0 aliphatic carbocycles. The zero-order valence-electron chi connectivity index (χ0n) is 8.87. The number of imidazole rings is 1. The van der Waals surface area contributed by atoms with E-state index in [1.165, 1.54) is 6.04 Å². The molecular formula is C9H18N2OSi. The Bertz CT molecular complexity index is 265. The van der Waals surface area contributed by atoms with Crippen LogP contribution in [0.15, 0.2) is 12.4 Å². The molecule has 0 atom stereocenters. The topological polar surface area (TPSA) is 27.1 Å². The number of aromatic nitrogens is 2. The summed E-state index contributed by atoms with van der Waals surface area (Å²) in [7, 11) is 0.971. The van der Waals surface area contributed by atoms with Gasteiger partial charge < -0.3 is 9.30 Å². The maximum atomic E-state index is 5.54. The Morgan fingerprint density at radius 1 is 1.46 bits per heavy atom. The first-order valence-corrected chi connectivity index (χ1v) is 8.30. The van der Waals surface area contributed by atoms with Crippen LogP contribution in [0.1, 0.15) is 0 Å². The van der Waals surface area contributed by atoms with Gasteiger partial charge in [0.15, 0.2) is 0 Å². The van der Waals surface area contributed by atoms with Crippen molar-refractivity contribution < 1.29 is 4.74 Å². The third-order valence-electron chi connectivity index (χ3n) is 1.86. The molecule has 0 unspecified atom stereocenters. The molecule has 0 amide bonds. The van der Waals surface area contributed by atoms with Gasteiger partial charge in [-0.25, -0.2) is 4.98 Å². The van der Waals surface area contributed by atoms with Crippen molar-refractivity contribution in [3.63, 3.8) is 0 Å². The van der Waals surface area contributed by atoms with E-state index in [4.69, 9.17) is 4.74 Å². The summed E-state index contributed by atoms with van der Waals surface area (Å²) in [5, 5.41) is 0. The lowest BCUT2D eigenvalue weighted by Crippen LogP contribution is -2.22. The molecule has 4 heteroatoms. The van der Waals surface area contributed by atoms with E-state index >= 15 is 0 Å². The normalized spacial score (nSPS) is 11.7. The summed E-state index contributed by atoms with van der Waals surface area (Å²) in [6.07, 6.45) is 3.65. The van der Waals surface area contributed by atoms with E-state index in [0.29, 0.717) is 0 Å². The van der Waals surface area contributed by atoms with Crippen LogP contribution in [0, 0.1) is 0 Å². The Morgan fingerprint density at radius 2 is 2.15 bits per heavy atom. The van der Waals surface area contributed by atoms with Crippen molar-refractivity contribution >= 4 is 8.07 Å². The molecule has 0 radical (unpaired) electrons. The van der Waals surface area contributed by atoms with Crippen molar-refractivity contribution in [2.75, 3.05) is 6.61 Å². The molecule has 3 nitrogen and oxygen atoms in total. The Kier molecular flexibility index (Phi) is 3.14. The van der Waals surface area contributed by atoms with Crippen molar-refractivity contribution in [2.45, 2.75) is 25.7 Å². The second kappa shape index (κ2) is 3.96. The van der Waals surface area contributed by atoms with E-state index in [-0.39, 0.29) is 0 Å². The lowest BCUT2D eigenvalue weighted by Gasteiger charge is -2.15. The van der Waals surface area contributed by atoms with E-state index in [2.05, 4.69) is 24.6 Å². The average molecular weight is 198 g/mol. The first kappa shape index (κ1) is 10.3. The third-order valence-corrected chi connectivity index (χ3v) is 3.56. The highest BCUT2D eigenvalue weighted by atomic mass is 28.3. The second-order valence-electron chi connectivity index (χ2n) is 4.48. The van der Waals surface area contributed by atoms with Crippen LogP contribution >= 0.6 is 0 Å². The molecule has 0 saturated carbocycles. The SMILES string of the molecule is Cn1ccnc1OCC[Si](C)(C)C. The maximum Gasteiger partial charge on any atom is 0.295 e. The molecule has 74 valence electrons. The van der Waals surface area contributed by atoms with Gasteiger partial charge in [0.1, 0.15) is 0 Å². The summed E-state index contributed by atoms with van der Waals surface area (Å²) in [5.74, 6) is 0. The molecule has 0 saturated heterocycles. The van der Waals surface area contributed by atoms with Crippen LogP contribution in [0.3, 0.4) is 0 Å². The van der Waals surface area contributed by atoms with Crippen LogP contribution in [-0.4, -0.2) is 24.2 Å². The number of rotatable bonds is 4. The summed E-state index contributed by atoms with van der Waals surface area (Å²) in [5.41, 5.74) is 0. The standard InChI is InChI=1S/C9H18N2OSi/c1-11-6-5-10-9(11)12-7-8-13(2,3)4/h5-6H,7-8H2,1-4H3. The molecular weight excluding hydrogens is 180 g/mol. The predicted octanol–water partition coefficient (Wildman–Crippen LogP) is 2.14. The fourth-order valence-electron chi connectivity index (χ4n) is 0.940. The van der Waals surface area contributed by atoms with Gasteiger partial charge in [-0.1, -0.05) is 19.6 Å². The Hall–Kier alpha value is -0.773. The van der Waals surface area contributed by atoms with Crippen LogP contribution in [0.4, 0.5) is 0 Å². The van der Waals surface area contributed by atoms with Crippen molar-refractivity contribution in [3.8, 4) is 6.01 Å². The summed E-state index contributed by atoms with van der Waals surface area (Å²) < 4.78 is 7.43. The minimum absolute atomic E-state index is 0.721. The fourth-order valence-corrected chi connectivity index (χ4v) is 1.65. The van der Waals surface area contributed by atoms with Gasteiger partial charge in [0.05, 0.1) is 6.61 Å². The highest BCUT2D eigenvalue weighted by Gasteiger charge is 2.13. The second-order valence-corrected chi connectivity index (χ2v) is 10.1. The summed E-state index contributed by atoms with van der Waals surface area (Å²) >= 11 is 0. The molecule has 1 aromatic rings. The molecule has 0 bridgehead atoms. The number of aryl methyl sites for hydroxylation is 1.